The lowest BCUT2D eigenvalue weighted by Crippen LogP contribution is -2.20. The number of pyridine rings is 1. The zero-order valence-electron chi connectivity index (χ0n) is 10.1. The van der Waals surface area contributed by atoms with Crippen LogP contribution in [0.15, 0.2) is 35.3 Å². The largest absolute Gasteiger partial charge is 0.416 e. The summed E-state index contributed by atoms with van der Waals surface area (Å²) in [4.78, 5) is 22.5. The van der Waals surface area contributed by atoms with Crippen molar-refractivity contribution in [3.63, 3.8) is 0 Å². The number of rotatable bonds is 2. The van der Waals surface area contributed by atoms with Crippen molar-refractivity contribution in [2.45, 2.75) is 6.18 Å². The summed E-state index contributed by atoms with van der Waals surface area (Å²) in [5.74, 6) is 0. The Balaban J connectivity index is 2.64. The summed E-state index contributed by atoms with van der Waals surface area (Å²) in [6.45, 7) is 0. The molecule has 0 atom stereocenters. The molecule has 1 aromatic carbocycles. The van der Waals surface area contributed by atoms with Crippen molar-refractivity contribution in [1.29, 1.82) is 0 Å². The maximum atomic E-state index is 12.5. The first-order chi connectivity index (χ1) is 9.74. The van der Waals surface area contributed by atoms with E-state index in [1.54, 1.807) is 0 Å². The van der Waals surface area contributed by atoms with Gasteiger partial charge in [-0.25, -0.2) is 0 Å². The maximum Gasteiger partial charge on any atom is 0.416 e. The van der Waals surface area contributed by atoms with Gasteiger partial charge in [-0.3, -0.25) is 14.2 Å². The molecule has 0 saturated carbocycles. The Morgan fingerprint density at radius 1 is 1.10 bits per heavy atom. The van der Waals surface area contributed by atoms with Crippen molar-refractivity contribution in [3.05, 3.63) is 62.0 Å². The molecular formula is C13H6Cl2F3NO2. The van der Waals surface area contributed by atoms with Gasteiger partial charge in [-0.05, 0) is 18.2 Å². The highest BCUT2D eigenvalue weighted by Crippen LogP contribution is 2.31. The van der Waals surface area contributed by atoms with Crippen LogP contribution in [0.1, 0.15) is 15.9 Å². The van der Waals surface area contributed by atoms with E-state index in [1.165, 1.54) is 12.1 Å². The summed E-state index contributed by atoms with van der Waals surface area (Å²) < 4.78 is 38.4. The summed E-state index contributed by atoms with van der Waals surface area (Å²) in [6.07, 6.45) is -3.18. The molecular weight excluding hydrogens is 330 g/mol. The number of benzene rings is 1. The standard InChI is InChI=1S/C13H6Cl2F3NO2/c14-9-3-7(6-20)4-10(15)12(9)19-2-1-8(5-11(19)21)13(16,17)18/h1-6H. The van der Waals surface area contributed by atoms with Gasteiger partial charge in [0, 0.05) is 17.8 Å². The fourth-order valence-electron chi connectivity index (χ4n) is 1.72. The summed E-state index contributed by atoms with van der Waals surface area (Å²) in [6, 6.07) is 3.71. The lowest BCUT2D eigenvalue weighted by Gasteiger charge is -2.12. The molecule has 0 amide bonds. The molecule has 1 aromatic heterocycles. The third-order valence-corrected chi connectivity index (χ3v) is 3.24. The molecule has 0 radical (unpaired) electrons. The van der Waals surface area contributed by atoms with Crippen LogP contribution in [-0.2, 0) is 6.18 Å². The SMILES string of the molecule is O=Cc1cc(Cl)c(-n2ccc(C(F)(F)F)cc2=O)c(Cl)c1. The molecule has 0 aliphatic heterocycles. The lowest BCUT2D eigenvalue weighted by molar-refractivity contribution is -0.137. The second kappa shape index (κ2) is 5.54. The van der Waals surface area contributed by atoms with Gasteiger partial charge in [0.05, 0.1) is 21.3 Å². The third-order valence-electron chi connectivity index (χ3n) is 2.66. The van der Waals surface area contributed by atoms with E-state index < -0.39 is 17.3 Å². The Kier molecular flexibility index (Phi) is 4.11. The van der Waals surface area contributed by atoms with Crippen molar-refractivity contribution in [1.82, 2.24) is 4.57 Å². The molecule has 21 heavy (non-hydrogen) atoms. The lowest BCUT2D eigenvalue weighted by atomic mass is 10.2. The van der Waals surface area contributed by atoms with Crippen molar-refractivity contribution in [2.75, 3.05) is 0 Å². The van der Waals surface area contributed by atoms with Gasteiger partial charge in [0.2, 0.25) is 0 Å². The van der Waals surface area contributed by atoms with Gasteiger partial charge in [0.25, 0.3) is 5.56 Å². The Morgan fingerprint density at radius 3 is 2.10 bits per heavy atom. The number of aromatic nitrogens is 1. The number of aldehydes is 1. The van der Waals surface area contributed by atoms with E-state index in [4.69, 9.17) is 23.2 Å². The van der Waals surface area contributed by atoms with Gasteiger partial charge < -0.3 is 0 Å². The van der Waals surface area contributed by atoms with E-state index in [0.717, 1.165) is 16.8 Å². The van der Waals surface area contributed by atoms with Crippen molar-refractivity contribution >= 4 is 29.5 Å². The Labute approximate surface area is 126 Å². The normalized spacial score (nSPS) is 11.5. The molecule has 3 nitrogen and oxygen atoms in total. The van der Waals surface area contributed by atoms with Crippen molar-refractivity contribution in [3.8, 4) is 5.69 Å². The first-order valence-corrected chi connectivity index (χ1v) is 6.24. The average Bonchev–Trinajstić information content (AvgIpc) is 2.38. The number of halogens is 5. The minimum absolute atomic E-state index is 0.0163. The highest BCUT2D eigenvalue weighted by Gasteiger charge is 2.31. The number of alkyl halides is 3. The number of nitrogens with zero attached hydrogens (tertiary/aromatic N) is 1. The molecule has 0 aliphatic rings. The zero-order valence-corrected chi connectivity index (χ0v) is 11.6. The maximum absolute atomic E-state index is 12.5. The molecule has 0 saturated heterocycles. The highest BCUT2D eigenvalue weighted by atomic mass is 35.5. The van der Waals surface area contributed by atoms with Gasteiger partial charge in [-0.15, -0.1) is 0 Å². The van der Waals surface area contributed by atoms with E-state index in [2.05, 4.69) is 0 Å². The Morgan fingerprint density at radius 2 is 1.67 bits per heavy atom. The molecule has 2 aromatic rings. The van der Waals surface area contributed by atoms with E-state index in [-0.39, 0.29) is 21.3 Å². The molecule has 0 N–H and O–H groups in total. The molecule has 110 valence electrons. The molecule has 2 rings (SSSR count). The molecule has 0 aliphatic carbocycles. The predicted molar refractivity (Wildman–Crippen MR) is 72.4 cm³/mol. The minimum atomic E-state index is -4.62. The average molecular weight is 336 g/mol. The molecule has 0 fully saturated rings. The highest BCUT2D eigenvalue weighted by molar-refractivity contribution is 6.38. The Hall–Kier alpha value is -1.79. The van der Waals surface area contributed by atoms with Crippen LogP contribution in [0, 0.1) is 0 Å². The fourth-order valence-corrected chi connectivity index (χ4v) is 2.41. The molecule has 0 bridgehead atoms. The number of carbonyl (C=O) groups is 1. The molecule has 8 heteroatoms. The van der Waals surface area contributed by atoms with Crippen LogP contribution < -0.4 is 5.56 Å². The number of hydrogen-bond acceptors (Lipinski definition) is 2. The van der Waals surface area contributed by atoms with Crippen LogP contribution in [0.2, 0.25) is 10.0 Å². The monoisotopic (exact) mass is 335 g/mol. The fraction of sp³-hybridized carbons (Fsp3) is 0.0769. The Bertz CT molecular complexity index is 746. The van der Waals surface area contributed by atoms with Crippen LogP contribution >= 0.6 is 23.2 Å². The smallest absolute Gasteiger partial charge is 0.298 e. The van der Waals surface area contributed by atoms with E-state index in [1.807, 2.05) is 0 Å². The quantitative estimate of drug-likeness (QED) is 0.779. The van der Waals surface area contributed by atoms with E-state index in [0.29, 0.717) is 12.4 Å². The topological polar surface area (TPSA) is 39.1 Å². The summed E-state index contributed by atoms with van der Waals surface area (Å²) in [7, 11) is 0. The van der Waals surface area contributed by atoms with Crippen LogP contribution in [0.4, 0.5) is 13.2 Å². The number of hydrogen-bond donors (Lipinski definition) is 0. The summed E-state index contributed by atoms with van der Waals surface area (Å²) in [5, 5.41) is -0.0436. The molecule has 0 unspecified atom stereocenters. The van der Waals surface area contributed by atoms with Gasteiger partial charge in [0.15, 0.2) is 0 Å². The van der Waals surface area contributed by atoms with Crippen molar-refractivity contribution in [2.24, 2.45) is 0 Å². The number of carbonyl (C=O) groups excluding carboxylic acids is 1. The van der Waals surface area contributed by atoms with Gasteiger partial charge >= 0.3 is 6.18 Å². The second-order valence-electron chi connectivity index (χ2n) is 4.07. The van der Waals surface area contributed by atoms with E-state index >= 15 is 0 Å². The summed E-state index contributed by atoms with van der Waals surface area (Å²) in [5.41, 5.74) is -1.80. The first kappa shape index (κ1) is 15.6. The first-order valence-electron chi connectivity index (χ1n) is 5.48. The molecule has 1 heterocycles. The van der Waals surface area contributed by atoms with Gasteiger partial charge in [-0.2, -0.15) is 13.2 Å². The van der Waals surface area contributed by atoms with Gasteiger partial charge in [-0.1, -0.05) is 23.2 Å². The zero-order chi connectivity index (χ0) is 15.8. The van der Waals surface area contributed by atoms with Gasteiger partial charge in [0.1, 0.15) is 6.29 Å². The van der Waals surface area contributed by atoms with E-state index in [9.17, 15) is 22.8 Å². The predicted octanol–water partition coefficient (Wildman–Crippen LogP) is 3.98. The second-order valence-corrected chi connectivity index (χ2v) is 4.89. The van der Waals surface area contributed by atoms with Crippen LogP contribution in [-0.4, -0.2) is 10.9 Å². The minimum Gasteiger partial charge on any atom is -0.298 e. The summed E-state index contributed by atoms with van der Waals surface area (Å²) >= 11 is 11.8. The van der Waals surface area contributed by atoms with Crippen molar-refractivity contribution < 1.29 is 18.0 Å². The third kappa shape index (κ3) is 3.11. The van der Waals surface area contributed by atoms with Crippen LogP contribution in [0.5, 0.6) is 0 Å². The van der Waals surface area contributed by atoms with Crippen LogP contribution in [0.25, 0.3) is 5.69 Å². The molecule has 0 spiro atoms. The van der Waals surface area contributed by atoms with Crippen LogP contribution in [0.3, 0.4) is 0 Å².